The average molecular weight is 344 g/mol. The molecule has 0 saturated carbocycles. The van der Waals surface area contributed by atoms with Crippen molar-refractivity contribution in [2.45, 2.75) is 23.8 Å². The second-order valence-electron chi connectivity index (χ2n) is 5.04. The van der Waals surface area contributed by atoms with Crippen LogP contribution < -0.4 is 5.32 Å². The van der Waals surface area contributed by atoms with Gasteiger partial charge in [-0.3, -0.25) is 4.79 Å². The number of aromatic nitrogens is 3. The van der Waals surface area contributed by atoms with E-state index in [4.69, 9.17) is 0 Å². The van der Waals surface area contributed by atoms with Crippen LogP contribution in [0, 0.1) is 6.92 Å². The molecule has 0 fully saturated rings. The summed E-state index contributed by atoms with van der Waals surface area (Å²) >= 11 is 3.22. The van der Waals surface area contributed by atoms with Crippen LogP contribution in [0.4, 0.5) is 5.13 Å². The Kier molecular flexibility index (Phi) is 4.78. The van der Waals surface area contributed by atoms with Gasteiger partial charge in [0.05, 0.1) is 16.7 Å². The van der Waals surface area contributed by atoms with Crippen LogP contribution >= 0.6 is 23.1 Å². The highest BCUT2D eigenvalue weighted by Crippen LogP contribution is 2.31. The summed E-state index contributed by atoms with van der Waals surface area (Å²) in [5.41, 5.74) is 3.64. The molecule has 0 atom stereocenters. The predicted octanol–water partition coefficient (Wildman–Crippen LogP) is 3.89. The van der Waals surface area contributed by atoms with E-state index >= 15 is 0 Å². The molecular weight excluding hydrogens is 328 g/mol. The third-order valence-electron chi connectivity index (χ3n) is 3.27. The zero-order valence-corrected chi connectivity index (χ0v) is 14.4. The van der Waals surface area contributed by atoms with Gasteiger partial charge in [-0.1, -0.05) is 17.4 Å². The summed E-state index contributed by atoms with van der Waals surface area (Å²) in [6, 6.07) is 6.40. The van der Waals surface area contributed by atoms with Gasteiger partial charge in [0.15, 0.2) is 5.13 Å². The highest BCUT2D eigenvalue weighted by atomic mass is 32.2. The highest BCUT2D eigenvalue weighted by Gasteiger charge is 2.06. The average Bonchev–Trinajstić information content (AvgIpc) is 3.17. The van der Waals surface area contributed by atoms with Crippen LogP contribution in [0.15, 0.2) is 47.3 Å². The van der Waals surface area contributed by atoms with E-state index in [9.17, 15) is 4.79 Å². The van der Waals surface area contributed by atoms with Crippen molar-refractivity contribution in [3.05, 3.63) is 54.2 Å². The molecule has 0 saturated heterocycles. The number of hydrogen-bond acceptors (Lipinski definition) is 5. The normalized spacial score (nSPS) is 10.7. The maximum Gasteiger partial charge on any atom is 0.223 e. The van der Waals surface area contributed by atoms with E-state index in [1.165, 1.54) is 29.4 Å². The molecule has 0 unspecified atom stereocenters. The van der Waals surface area contributed by atoms with E-state index in [-0.39, 0.29) is 5.91 Å². The fourth-order valence-electron chi connectivity index (χ4n) is 2.10. The lowest BCUT2D eigenvalue weighted by atomic mass is 10.1. The van der Waals surface area contributed by atoms with E-state index in [0.717, 1.165) is 15.6 Å². The summed E-state index contributed by atoms with van der Waals surface area (Å²) in [5, 5.41) is 3.35. The molecular formula is C16H16N4OS2. The molecule has 0 aliphatic heterocycles. The van der Waals surface area contributed by atoms with Crippen molar-refractivity contribution in [3.8, 4) is 5.69 Å². The van der Waals surface area contributed by atoms with E-state index in [2.05, 4.69) is 40.4 Å². The molecule has 3 aromatic rings. The minimum absolute atomic E-state index is 0.0955. The SMILES string of the molecule is CC(=O)Nc1ncc(SCc2ccc(-n3ccnc3)cc2C)s1. The number of thioether (sulfide) groups is 1. The molecule has 3 rings (SSSR count). The van der Waals surface area contributed by atoms with E-state index in [0.29, 0.717) is 5.13 Å². The Bertz CT molecular complexity index is 811. The minimum atomic E-state index is -0.0955. The number of thiazole rings is 1. The largest absolute Gasteiger partial charge is 0.306 e. The summed E-state index contributed by atoms with van der Waals surface area (Å²) in [6.45, 7) is 3.60. The molecule has 0 bridgehead atoms. The second kappa shape index (κ2) is 6.97. The first-order chi connectivity index (χ1) is 11.1. The molecule has 1 aromatic carbocycles. The number of amides is 1. The number of nitrogens with one attached hydrogen (secondary N) is 1. The fourth-order valence-corrected chi connectivity index (χ4v) is 4.09. The number of aryl methyl sites for hydroxylation is 1. The van der Waals surface area contributed by atoms with Crippen molar-refractivity contribution >= 4 is 34.1 Å². The number of anilines is 1. The molecule has 2 heterocycles. The maximum absolute atomic E-state index is 11.0. The van der Waals surface area contributed by atoms with Gasteiger partial charge in [0.2, 0.25) is 5.91 Å². The molecule has 118 valence electrons. The number of nitrogens with zero attached hydrogens (tertiary/aromatic N) is 3. The topological polar surface area (TPSA) is 59.8 Å². The number of rotatable bonds is 5. The number of carbonyl (C=O) groups excluding carboxylic acids is 1. The van der Waals surface area contributed by atoms with E-state index < -0.39 is 0 Å². The molecule has 0 aliphatic carbocycles. The van der Waals surface area contributed by atoms with Gasteiger partial charge in [0, 0.05) is 30.8 Å². The van der Waals surface area contributed by atoms with Gasteiger partial charge in [-0.15, -0.1) is 11.8 Å². The zero-order valence-electron chi connectivity index (χ0n) is 12.8. The third kappa shape index (κ3) is 4.00. The van der Waals surface area contributed by atoms with E-state index in [1.807, 2.05) is 10.8 Å². The summed E-state index contributed by atoms with van der Waals surface area (Å²) in [5.74, 6) is 0.777. The van der Waals surface area contributed by atoms with Gasteiger partial charge in [0.25, 0.3) is 0 Å². The zero-order chi connectivity index (χ0) is 16.2. The number of carbonyl (C=O) groups is 1. The molecule has 23 heavy (non-hydrogen) atoms. The lowest BCUT2D eigenvalue weighted by Crippen LogP contribution is -2.04. The van der Waals surface area contributed by atoms with Crippen molar-refractivity contribution in [1.29, 1.82) is 0 Å². The first kappa shape index (κ1) is 15.8. The van der Waals surface area contributed by atoms with Crippen molar-refractivity contribution in [3.63, 3.8) is 0 Å². The summed E-state index contributed by atoms with van der Waals surface area (Å²) in [4.78, 5) is 19.3. The van der Waals surface area contributed by atoms with Crippen LogP contribution in [0.1, 0.15) is 18.1 Å². The van der Waals surface area contributed by atoms with Crippen LogP contribution in [0.25, 0.3) is 5.69 Å². The lowest BCUT2D eigenvalue weighted by Gasteiger charge is -2.08. The Labute approximate surface area is 142 Å². The van der Waals surface area contributed by atoms with Gasteiger partial charge < -0.3 is 9.88 Å². The fraction of sp³-hybridized carbons (Fsp3) is 0.188. The van der Waals surface area contributed by atoms with Crippen LogP contribution in [-0.4, -0.2) is 20.4 Å². The third-order valence-corrected chi connectivity index (χ3v) is 5.42. The van der Waals surface area contributed by atoms with Crippen LogP contribution in [-0.2, 0) is 10.5 Å². The first-order valence-corrected chi connectivity index (χ1v) is 8.86. The minimum Gasteiger partial charge on any atom is -0.306 e. The number of imidazole rings is 1. The quantitative estimate of drug-likeness (QED) is 0.713. The van der Waals surface area contributed by atoms with Crippen LogP contribution in [0.5, 0.6) is 0 Å². The van der Waals surface area contributed by atoms with Crippen molar-refractivity contribution in [1.82, 2.24) is 14.5 Å². The first-order valence-electron chi connectivity index (χ1n) is 7.06. The molecule has 0 radical (unpaired) electrons. The van der Waals surface area contributed by atoms with Crippen LogP contribution in [0.2, 0.25) is 0 Å². The lowest BCUT2D eigenvalue weighted by molar-refractivity contribution is -0.114. The number of benzene rings is 1. The summed E-state index contributed by atoms with van der Waals surface area (Å²) < 4.78 is 3.08. The Morgan fingerprint density at radius 1 is 1.43 bits per heavy atom. The molecule has 2 aromatic heterocycles. The van der Waals surface area contributed by atoms with E-state index in [1.54, 1.807) is 30.5 Å². The molecule has 1 amide bonds. The van der Waals surface area contributed by atoms with Crippen molar-refractivity contribution in [2.24, 2.45) is 0 Å². The van der Waals surface area contributed by atoms with Gasteiger partial charge in [-0.2, -0.15) is 0 Å². The predicted molar refractivity (Wildman–Crippen MR) is 94.3 cm³/mol. The Morgan fingerprint density at radius 2 is 2.30 bits per heavy atom. The smallest absolute Gasteiger partial charge is 0.223 e. The maximum atomic E-state index is 11.0. The molecule has 1 N–H and O–H groups in total. The van der Waals surface area contributed by atoms with Gasteiger partial charge >= 0.3 is 0 Å². The summed E-state index contributed by atoms with van der Waals surface area (Å²) in [7, 11) is 0. The second-order valence-corrected chi connectivity index (χ2v) is 7.34. The summed E-state index contributed by atoms with van der Waals surface area (Å²) in [6.07, 6.45) is 7.31. The number of hydrogen-bond donors (Lipinski definition) is 1. The van der Waals surface area contributed by atoms with Gasteiger partial charge in [0.1, 0.15) is 0 Å². The molecule has 5 nitrogen and oxygen atoms in total. The Hall–Kier alpha value is -2.12. The molecule has 0 aliphatic rings. The molecule has 0 spiro atoms. The monoisotopic (exact) mass is 344 g/mol. The Balaban J connectivity index is 1.66. The van der Waals surface area contributed by atoms with Crippen molar-refractivity contribution in [2.75, 3.05) is 5.32 Å². The van der Waals surface area contributed by atoms with Gasteiger partial charge in [-0.25, -0.2) is 9.97 Å². The van der Waals surface area contributed by atoms with Crippen molar-refractivity contribution < 1.29 is 4.79 Å². The van der Waals surface area contributed by atoms with Gasteiger partial charge in [-0.05, 0) is 30.2 Å². The standard InChI is InChI=1S/C16H16N4OS2/c1-11-7-14(20-6-5-17-10-20)4-3-13(11)9-22-15-8-18-16(23-15)19-12(2)21/h3-8,10H,9H2,1-2H3,(H,18,19,21). The molecule has 7 heteroatoms. The Morgan fingerprint density at radius 3 is 3.00 bits per heavy atom. The highest BCUT2D eigenvalue weighted by molar-refractivity contribution is 8.00. The van der Waals surface area contributed by atoms with Crippen LogP contribution in [0.3, 0.4) is 0 Å².